The van der Waals surface area contributed by atoms with Gasteiger partial charge < -0.3 is 14.9 Å². The van der Waals surface area contributed by atoms with E-state index in [1.807, 2.05) is 35.0 Å². The molecule has 0 aliphatic heterocycles. The van der Waals surface area contributed by atoms with Crippen molar-refractivity contribution in [3.8, 4) is 5.69 Å². The van der Waals surface area contributed by atoms with Gasteiger partial charge in [-0.15, -0.1) is 0 Å². The van der Waals surface area contributed by atoms with Gasteiger partial charge in [0.1, 0.15) is 5.69 Å². The lowest BCUT2D eigenvalue weighted by atomic mass is 10.1. The van der Waals surface area contributed by atoms with Crippen LogP contribution in [0.1, 0.15) is 33.2 Å². The van der Waals surface area contributed by atoms with Crippen LogP contribution in [0, 0.1) is 10.1 Å². The first kappa shape index (κ1) is 21.1. The summed E-state index contributed by atoms with van der Waals surface area (Å²) in [6, 6.07) is 15.4. The predicted octanol–water partition coefficient (Wildman–Crippen LogP) is 4.24. The molecule has 0 saturated carbocycles. The van der Waals surface area contributed by atoms with Crippen LogP contribution in [0.25, 0.3) is 27.5 Å². The Morgan fingerprint density at radius 3 is 2.35 bits per heavy atom. The largest absolute Gasteiger partial charge is 0.366 e. The second-order valence-corrected chi connectivity index (χ2v) is 8.03. The van der Waals surface area contributed by atoms with E-state index in [1.54, 1.807) is 29.2 Å². The lowest BCUT2D eigenvalue weighted by molar-refractivity contribution is -0.384. The molecule has 0 unspecified atom stereocenters. The molecule has 0 bridgehead atoms. The standard InChI is InChI=1S/C25H19N5O4/c1-15(31)17-3-6-20-19-5-2-16(13-28-9-8-27-14-28)10-22(19)29(23(20)11-17)21-7-4-18(25(26)32)12-24(21)30(33)34/h2-12,14H,13H2,1H3,(H2,26,32). The SMILES string of the molecule is CC(=O)c1ccc2c3ccc(Cn4ccnc4)cc3n(-c3ccc(C(N)=O)cc3[N+](=O)[O-])c2c1. The first-order chi connectivity index (χ1) is 16.3. The fourth-order valence-electron chi connectivity index (χ4n) is 4.24. The van der Waals surface area contributed by atoms with E-state index in [-0.39, 0.29) is 22.7 Å². The Morgan fingerprint density at radius 2 is 1.71 bits per heavy atom. The number of benzene rings is 3. The summed E-state index contributed by atoms with van der Waals surface area (Å²) in [4.78, 5) is 39.3. The summed E-state index contributed by atoms with van der Waals surface area (Å²) in [5.74, 6) is -0.864. The molecule has 5 rings (SSSR count). The molecule has 3 aromatic carbocycles. The monoisotopic (exact) mass is 453 g/mol. The minimum Gasteiger partial charge on any atom is -0.366 e. The number of carbonyl (C=O) groups is 2. The number of primary amides is 1. The predicted molar refractivity (Wildman–Crippen MR) is 127 cm³/mol. The Bertz CT molecular complexity index is 1620. The quantitative estimate of drug-likeness (QED) is 0.234. The van der Waals surface area contributed by atoms with Crippen LogP contribution in [0.5, 0.6) is 0 Å². The van der Waals surface area contributed by atoms with E-state index >= 15 is 0 Å². The summed E-state index contributed by atoms with van der Waals surface area (Å²) in [5, 5.41) is 13.7. The summed E-state index contributed by atoms with van der Waals surface area (Å²) in [6.07, 6.45) is 5.26. The minimum absolute atomic E-state index is 0.0430. The van der Waals surface area contributed by atoms with Crippen molar-refractivity contribution < 1.29 is 14.5 Å². The van der Waals surface area contributed by atoms with Gasteiger partial charge >= 0.3 is 0 Å². The van der Waals surface area contributed by atoms with Crippen molar-refractivity contribution in [3.05, 3.63) is 100 Å². The summed E-state index contributed by atoms with van der Waals surface area (Å²) in [7, 11) is 0. The molecule has 9 heteroatoms. The molecule has 0 aliphatic rings. The van der Waals surface area contributed by atoms with Crippen LogP contribution in [0.15, 0.2) is 73.3 Å². The molecule has 2 heterocycles. The number of hydrogen-bond donors (Lipinski definition) is 1. The number of nitro benzene ring substituents is 1. The number of nitrogens with two attached hydrogens (primary N) is 1. The zero-order chi connectivity index (χ0) is 24.0. The van der Waals surface area contributed by atoms with Crippen LogP contribution in [0.4, 0.5) is 5.69 Å². The Kier molecular flexibility index (Phi) is 4.94. The van der Waals surface area contributed by atoms with E-state index in [0.29, 0.717) is 17.6 Å². The second kappa shape index (κ2) is 7.96. The zero-order valence-electron chi connectivity index (χ0n) is 18.1. The Morgan fingerprint density at radius 1 is 1.00 bits per heavy atom. The molecule has 5 aromatic rings. The van der Waals surface area contributed by atoms with Gasteiger partial charge in [-0.1, -0.05) is 24.3 Å². The molecule has 34 heavy (non-hydrogen) atoms. The van der Waals surface area contributed by atoms with Crippen molar-refractivity contribution in [1.29, 1.82) is 0 Å². The van der Waals surface area contributed by atoms with Crippen LogP contribution in [0.2, 0.25) is 0 Å². The van der Waals surface area contributed by atoms with Crippen molar-refractivity contribution in [3.63, 3.8) is 0 Å². The summed E-state index contributed by atoms with van der Waals surface area (Å²) in [6.45, 7) is 2.04. The summed E-state index contributed by atoms with van der Waals surface area (Å²) in [5.41, 5.74) is 8.26. The van der Waals surface area contributed by atoms with Crippen molar-refractivity contribution >= 4 is 39.2 Å². The molecule has 0 atom stereocenters. The first-order valence-electron chi connectivity index (χ1n) is 10.5. The molecule has 0 saturated heterocycles. The van der Waals surface area contributed by atoms with Crippen molar-refractivity contribution in [2.24, 2.45) is 5.73 Å². The highest BCUT2D eigenvalue weighted by atomic mass is 16.6. The van der Waals surface area contributed by atoms with E-state index in [0.717, 1.165) is 21.9 Å². The third kappa shape index (κ3) is 3.49. The second-order valence-electron chi connectivity index (χ2n) is 8.03. The van der Waals surface area contributed by atoms with Crippen LogP contribution in [-0.2, 0) is 6.54 Å². The fourth-order valence-corrected chi connectivity index (χ4v) is 4.24. The van der Waals surface area contributed by atoms with Crippen LogP contribution >= 0.6 is 0 Å². The maximum atomic E-state index is 12.1. The summed E-state index contributed by atoms with van der Waals surface area (Å²) >= 11 is 0. The molecule has 0 fully saturated rings. The topological polar surface area (TPSA) is 126 Å². The number of ketones is 1. The molecule has 2 N–H and O–H groups in total. The van der Waals surface area contributed by atoms with Gasteiger partial charge in [-0.3, -0.25) is 19.7 Å². The van der Waals surface area contributed by atoms with Crippen LogP contribution in [0.3, 0.4) is 0 Å². The third-order valence-electron chi connectivity index (χ3n) is 5.86. The lowest BCUT2D eigenvalue weighted by Gasteiger charge is -2.11. The number of nitro groups is 1. The van der Waals surface area contributed by atoms with Crippen LogP contribution in [-0.4, -0.2) is 30.7 Å². The Labute approximate surface area is 193 Å². The fraction of sp³-hybridized carbons (Fsp3) is 0.0800. The number of rotatable bonds is 6. The number of carbonyl (C=O) groups excluding carboxylic acids is 2. The summed E-state index contributed by atoms with van der Waals surface area (Å²) < 4.78 is 3.68. The molecule has 1 amide bonds. The number of fused-ring (bicyclic) bond motifs is 3. The number of hydrogen-bond acceptors (Lipinski definition) is 5. The highest BCUT2D eigenvalue weighted by Crippen LogP contribution is 2.36. The van der Waals surface area contributed by atoms with E-state index in [1.165, 1.54) is 25.1 Å². The maximum absolute atomic E-state index is 12.1. The average Bonchev–Trinajstić information content (AvgIpc) is 3.43. The zero-order valence-corrected chi connectivity index (χ0v) is 18.1. The highest BCUT2D eigenvalue weighted by Gasteiger charge is 2.22. The van der Waals surface area contributed by atoms with E-state index in [2.05, 4.69) is 4.98 Å². The number of amides is 1. The van der Waals surface area contributed by atoms with Crippen LogP contribution < -0.4 is 5.73 Å². The average molecular weight is 453 g/mol. The first-order valence-corrected chi connectivity index (χ1v) is 10.5. The molecular weight excluding hydrogens is 434 g/mol. The van der Waals surface area contributed by atoms with Crippen molar-refractivity contribution in [2.45, 2.75) is 13.5 Å². The molecule has 0 aliphatic carbocycles. The third-order valence-corrected chi connectivity index (χ3v) is 5.86. The number of nitrogens with zero attached hydrogens (tertiary/aromatic N) is 4. The van der Waals surface area contributed by atoms with Gasteiger partial charge in [-0.2, -0.15) is 0 Å². The van der Waals surface area contributed by atoms with E-state index < -0.39 is 10.8 Å². The smallest absolute Gasteiger partial charge is 0.294 e. The number of Topliss-reactive ketones (excluding diaryl/α,β-unsaturated/α-hetero) is 1. The molecule has 0 radical (unpaired) electrons. The normalized spacial score (nSPS) is 11.2. The van der Waals surface area contributed by atoms with E-state index in [4.69, 9.17) is 5.73 Å². The van der Waals surface area contributed by atoms with Crippen molar-refractivity contribution in [2.75, 3.05) is 0 Å². The Balaban J connectivity index is 1.85. The van der Waals surface area contributed by atoms with Gasteiger partial charge in [0.25, 0.3) is 5.69 Å². The molecule has 168 valence electrons. The van der Waals surface area contributed by atoms with Gasteiger partial charge in [-0.05, 0) is 36.8 Å². The van der Waals surface area contributed by atoms with Gasteiger partial charge in [0.15, 0.2) is 5.78 Å². The Hall–Kier alpha value is -4.79. The van der Waals surface area contributed by atoms with E-state index in [9.17, 15) is 19.7 Å². The van der Waals surface area contributed by atoms with Gasteiger partial charge in [0, 0.05) is 46.9 Å². The minimum atomic E-state index is -0.752. The highest BCUT2D eigenvalue weighted by molar-refractivity contribution is 6.11. The lowest BCUT2D eigenvalue weighted by Crippen LogP contribution is -2.12. The van der Waals surface area contributed by atoms with Gasteiger partial charge in [-0.25, -0.2) is 4.98 Å². The molecule has 0 spiro atoms. The van der Waals surface area contributed by atoms with Crippen molar-refractivity contribution in [1.82, 2.24) is 14.1 Å². The molecule has 9 nitrogen and oxygen atoms in total. The van der Waals surface area contributed by atoms with Gasteiger partial charge in [0.2, 0.25) is 5.91 Å². The number of imidazole rings is 1. The van der Waals surface area contributed by atoms with Gasteiger partial charge in [0.05, 0.1) is 22.3 Å². The maximum Gasteiger partial charge on any atom is 0.294 e. The molecular formula is C25H19N5O4. The molecule has 2 aromatic heterocycles. The number of aromatic nitrogens is 3.